The number of carbonyl (C=O) groups excluding carboxylic acids is 1. The van der Waals surface area contributed by atoms with Gasteiger partial charge in [-0.25, -0.2) is 17.5 Å². The summed E-state index contributed by atoms with van der Waals surface area (Å²) >= 11 is 0. The van der Waals surface area contributed by atoms with Gasteiger partial charge in [-0.1, -0.05) is 30.3 Å². The molecule has 3 aliphatic heterocycles. The summed E-state index contributed by atoms with van der Waals surface area (Å²) in [6, 6.07) is 10.3. The average Bonchev–Trinajstić information content (AvgIpc) is 3.58. The van der Waals surface area contributed by atoms with E-state index < -0.39 is 10.0 Å². The maximum absolute atomic E-state index is 13.6. The van der Waals surface area contributed by atoms with E-state index in [0.717, 1.165) is 50.6 Å². The number of sulfonamides is 1. The van der Waals surface area contributed by atoms with Gasteiger partial charge >= 0.3 is 6.03 Å². The average molecular weight is 434 g/mol. The van der Waals surface area contributed by atoms with E-state index in [9.17, 15) is 13.2 Å². The standard InChI is InChI=1S/C22H31N3O4S/c26-21-23(16-18-4-2-1-3-5-18)17-22(10-14-29-15-11-22)25(21)19-8-12-24(13-9-19)30(27,28)20-6-7-20/h1-5,19-20H,6-17H2. The summed E-state index contributed by atoms with van der Waals surface area (Å²) in [5.74, 6) is 0. The molecule has 5 rings (SSSR count). The highest BCUT2D eigenvalue weighted by molar-refractivity contribution is 7.90. The van der Waals surface area contributed by atoms with Crippen molar-refractivity contribution >= 4 is 16.1 Å². The molecule has 1 aromatic carbocycles. The van der Waals surface area contributed by atoms with Crippen LogP contribution in [0.4, 0.5) is 4.79 Å². The van der Waals surface area contributed by atoms with Crippen LogP contribution in [0.3, 0.4) is 0 Å². The van der Waals surface area contributed by atoms with Crippen LogP contribution in [-0.2, 0) is 21.3 Å². The number of piperidine rings is 1. The molecule has 4 fully saturated rings. The van der Waals surface area contributed by atoms with E-state index in [1.807, 2.05) is 23.1 Å². The van der Waals surface area contributed by atoms with Crippen molar-refractivity contribution in [1.82, 2.24) is 14.1 Å². The number of urea groups is 1. The van der Waals surface area contributed by atoms with Crippen molar-refractivity contribution in [3.05, 3.63) is 35.9 Å². The first kappa shape index (κ1) is 20.3. The Morgan fingerprint density at radius 3 is 2.30 bits per heavy atom. The number of amides is 2. The molecule has 1 saturated carbocycles. The Morgan fingerprint density at radius 1 is 1.00 bits per heavy atom. The minimum absolute atomic E-state index is 0.0991. The minimum Gasteiger partial charge on any atom is -0.381 e. The smallest absolute Gasteiger partial charge is 0.321 e. The zero-order valence-corrected chi connectivity index (χ0v) is 18.2. The summed E-state index contributed by atoms with van der Waals surface area (Å²) in [6.07, 6.45) is 4.74. The van der Waals surface area contributed by atoms with Crippen molar-refractivity contribution in [1.29, 1.82) is 0 Å². The molecule has 0 aromatic heterocycles. The summed E-state index contributed by atoms with van der Waals surface area (Å²) in [5, 5.41) is -0.161. The Labute approximate surface area is 179 Å². The van der Waals surface area contributed by atoms with Crippen molar-refractivity contribution in [3.63, 3.8) is 0 Å². The first-order valence-electron chi connectivity index (χ1n) is 11.2. The van der Waals surface area contributed by atoms with Gasteiger partial charge in [-0.05, 0) is 44.1 Å². The predicted octanol–water partition coefficient (Wildman–Crippen LogP) is 2.43. The van der Waals surface area contributed by atoms with Crippen LogP contribution in [0.5, 0.6) is 0 Å². The van der Waals surface area contributed by atoms with Gasteiger partial charge in [-0.2, -0.15) is 0 Å². The molecule has 8 heteroatoms. The fourth-order valence-electron chi connectivity index (χ4n) is 5.41. The van der Waals surface area contributed by atoms with Crippen LogP contribution in [0.1, 0.15) is 44.1 Å². The second-order valence-electron chi connectivity index (χ2n) is 9.21. The van der Waals surface area contributed by atoms with Crippen LogP contribution in [0.15, 0.2) is 30.3 Å². The zero-order valence-electron chi connectivity index (χ0n) is 17.4. The third kappa shape index (κ3) is 3.63. The van der Waals surface area contributed by atoms with Gasteiger partial charge in [0.1, 0.15) is 0 Å². The van der Waals surface area contributed by atoms with Gasteiger partial charge < -0.3 is 14.5 Å². The quantitative estimate of drug-likeness (QED) is 0.715. The number of hydrogen-bond donors (Lipinski definition) is 0. The number of benzene rings is 1. The molecule has 0 bridgehead atoms. The topological polar surface area (TPSA) is 70.2 Å². The molecule has 4 aliphatic rings. The third-order valence-corrected chi connectivity index (χ3v) is 9.61. The Hall–Kier alpha value is -1.64. The highest BCUT2D eigenvalue weighted by atomic mass is 32.2. The fourth-order valence-corrected chi connectivity index (χ4v) is 7.28. The lowest BCUT2D eigenvalue weighted by atomic mass is 9.86. The van der Waals surface area contributed by atoms with Gasteiger partial charge in [-0.15, -0.1) is 0 Å². The molecular formula is C22H31N3O4S. The molecule has 0 unspecified atom stereocenters. The molecule has 1 spiro atoms. The van der Waals surface area contributed by atoms with Crippen LogP contribution >= 0.6 is 0 Å². The molecule has 30 heavy (non-hydrogen) atoms. The Morgan fingerprint density at radius 2 is 1.67 bits per heavy atom. The van der Waals surface area contributed by atoms with Gasteiger partial charge in [0.2, 0.25) is 10.0 Å². The summed E-state index contributed by atoms with van der Waals surface area (Å²) in [4.78, 5) is 17.7. The van der Waals surface area contributed by atoms with Gasteiger partial charge in [-0.3, -0.25) is 0 Å². The van der Waals surface area contributed by atoms with E-state index in [1.54, 1.807) is 4.31 Å². The van der Waals surface area contributed by atoms with Crippen LogP contribution in [-0.4, -0.2) is 78.2 Å². The largest absolute Gasteiger partial charge is 0.381 e. The SMILES string of the molecule is O=C1N(Cc2ccccc2)CC2(CCOCC2)N1C1CCN(S(=O)(=O)C2CC2)CC1. The van der Waals surface area contributed by atoms with Crippen molar-refractivity contribution in [2.45, 2.75) is 61.9 Å². The van der Waals surface area contributed by atoms with E-state index in [2.05, 4.69) is 17.0 Å². The van der Waals surface area contributed by atoms with Crippen molar-refractivity contribution in [3.8, 4) is 0 Å². The van der Waals surface area contributed by atoms with Gasteiger partial charge in [0.25, 0.3) is 0 Å². The lowest BCUT2D eigenvalue weighted by Crippen LogP contribution is -2.57. The molecule has 7 nitrogen and oxygen atoms in total. The van der Waals surface area contributed by atoms with Gasteiger partial charge in [0.15, 0.2) is 0 Å². The normalized spacial score (nSPS) is 25.9. The lowest BCUT2D eigenvalue weighted by molar-refractivity contribution is -0.0131. The predicted molar refractivity (Wildman–Crippen MR) is 113 cm³/mol. The van der Waals surface area contributed by atoms with E-state index in [-0.39, 0.29) is 22.9 Å². The number of rotatable bonds is 5. The van der Waals surface area contributed by atoms with Crippen LogP contribution < -0.4 is 0 Å². The lowest BCUT2D eigenvalue weighted by Gasteiger charge is -2.46. The van der Waals surface area contributed by atoms with E-state index in [0.29, 0.717) is 32.8 Å². The number of carbonyl (C=O) groups is 1. The number of nitrogens with zero attached hydrogens (tertiary/aromatic N) is 3. The number of hydrogen-bond acceptors (Lipinski definition) is 4. The fraction of sp³-hybridized carbons (Fsp3) is 0.682. The van der Waals surface area contributed by atoms with Crippen molar-refractivity contribution in [2.75, 3.05) is 32.8 Å². The second kappa shape index (κ2) is 7.80. The third-order valence-electron chi connectivity index (χ3n) is 7.21. The zero-order chi connectivity index (χ0) is 20.8. The molecule has 0 radical (unpaired) electrons. The first-order valence-corrected chi connectivity index (χ1v) is 12.7. The van der Waals surface area contributed by atoms with E-state index in [1.165, 1.54) is 0 Å². The monoisotopic (exact) mass is 433 g/mol. The highest BCUT2D eigenvalue weighted by Crippen LogP contribution is 2.40. The molecular weight excluding hydrogens is 402 g/mol. The number of ether oxygens (including phenoxy) is 1. The van der Waals surface area contributed by atoms with E-state index in [4.69, 9.17) is 4.74 Å². The highest BCUT2D eigenvalue weighted by Gasteiger charge is 2.53. The van der Waals surface area contributed by atoms with Crippen molar-refractivity contribution in [2.24, 2.45) is 0 Å². The molecule has 1 aliphatic carbocycles. The van der Waals surface area contributed by atoms with Gasteiger partial charge in [0, 0.05) is 45.4 Å². The molecule has 3 saturated heterocycles. The Balaban J connectivity index is 1.33. The molecule has 0 N–H and O–H groups in total. The molecule has 164 valence electrons. The first-order chi connectivity index (χ1) is 14.5. The van der Waals surface area contributed by atoms with Crippen LogP contribution in [0.2, 0.25) is 0 Å². The van der Waals surface area contributed by atoms with Gasteiger partial charge in [0.05, 0.1) is 10.8 Å². The summed E-state index contributed by atoms with van der Waals surface area (Å²) in [6.45, 7) is 3.76. The summed E-state index contributed by atoms with van der Waals surface area (Å²) in [5.41, 5.74) is 0.951. The maximum Gasteiger partial charge on any atom is 0.321 e. The van der Waals surface area contributed by atoms with Crippen LogP contribution in [0, 0.1) is 0 Å². The molecule has 0 atom stereocenters. The summed E-state index contributed by atoms with van der Waals surface area (Å²) in [7, 11) is -3.13. The van der Waals surface area contributed by atoms with E-state index >= 15 is 0 Å². The van der Waals surface area contributed by atoms with Crippen molar-refractivity contribution < 1.29 is 17.9 Å². The molecule has 3 heterocycles. The molecule has 2 amide bonds. The maximum atomic E-state index is 13.6. The minimum atomic E-state index is -3.13. The van der Waals surface area contributed by atoms with Crippen LogP contribution in [0.25, 0.3) is 0 Å². The second-order valence-corrected chi connectivity index (χ2v) is 11.4. The Kier molecular flexibility index (Phi) is 5.27. The Bertz CT molecular complexity index is 873. The summed E-state index contributed by atoms with van der Waals surface area (Å²) < 4.78 is 32.5. The molecule has 1 aromatic rings.